The molecule has 0 aliphatic carbocycles. The molecule has 3 atom stereocenters. The Balaban J connectivity index is 0.00000338. The zero-order chi connectivity index (χ0) is 18.2. The van der Waals surface area contributed by atoms with E-state index in [1.807, 2.05) is 0 Å². The molecule has 26 heavy (non-hydrogen) atoms. The Hall–Kier alpha value is -0.860. The fourth-order valence-corrected chi connectivity index (χ4v) is 3.20. The highest BCUT2D eigenvalue weighted by molar-refractivity contribution is 14.0. The Labute approximate surface area is 176 Å². The van der Waals surface area contributed by atoms with Crippen LogP contribution in [0.15, 0.2) is 35.3 Å². The van der Waals surface area contributed by atoms with Crippen molar-refractivity contribution in [3.8, 4) is 0 Å². The maximum atomic E-state index is 4.86. The van der Waals surface area contributed by atoms with Crippen LogP contribution in [0, 0.1) is 0 Å². The molecule has 0 spiro atoms. The predicted molar refractivity (Wildman–Crippen MR) is 123 cm³/mol. The summed E-state index contributed by atoms with van der Waals surface area (Å²) in [6, 6.07) is 11.5. The summed E-state index contributed by atoms with van der Waals surface area (Å²) in [5.74, 6) is 1.34. The van der Waals surface area contributed by atoms with Gasteiger partial charge in [-0.1, -0.05) is 37.3 Å². The van der Waals surface area contributed by atoms with Crippen LogP contribution in [0.25, 0.3) is 0 Å². The molecule has 1 aromatic rings. The van der Waals surface area contributed by atoms with E-state index in [0.29, 0.717) is 18.0 Å². The third-order valence-electron chi connectivity index (χ3n) is 5.22. The van der Waals surface area contributed by atoms with Crippen LogP contribution in [0.4, 0.5) is 0 Å². The lowest BCUT2D eigenvalue weighted by atomic mass is 9.94. The molecule has 1 aromatic carbocycles. The highest BCUT2D eigenvalue weighted by atomic mass is 127. The van der Waals surface area contributed by atoms with Crippen LogP contribution in [-0.2, 0) is 0 Å². The molecule has 3 unspecified atom stereocenters. The van der Waals surface area contributed by atoms with Gasteiger partial charge in [0.1, 0.15) is 0 Å². The SMILES string of the molecule is CCNC(=NCC1CN(C)CCN1C)NC(C)C(C)c1ccccc1.I. The molecule has 148 valence electrons. The van der Waals surface area contributed by atoms with E-state index >= 15 is 0 Å². The van der Waals surface area contributed by atoms with Gasteiger partial charge in [-0.15, -0.1) is 24.0 Å². The first-order valence-electron chi connectivity index (χ1n) is 9.49. The number of aliphatic imine (C=N–C) groups is 1. The summed E-state index contributed by atoms with van der Waals surface area (Å²) >= 11 is 0. The van der Waals surface area contributed by atoms with Gasteiger partial charge < -0.3 is 15.5 Å². The van der Waals surface area contributed by atoms with E-state index < -0.39 is 0 Å². The average molecular weight is 473 g/mol. The molecule has 6 heteroatoms. The van der Waals surface area contributed by atoms with Gasteiger partial charge in [0.2, 0.25) is 0 Å². The number of hydrogen-bond donors (Lipinski definition) is 2. The van der Waals surface area contributed by atoms with Crippen molar-refractivity contribution in [3.05, 3.63) is 35.9 Å². The second kappa shape index (κ2) is 11.8. The summed E-state index contributed by atoms with van der Waals surface area (Å²) in [5, 5.41) is 6.98. The number of nitrogens with one attached hydrogen (secondary N) is 2. The molecule has 0 saturated carbocycles. The number of benzene rings is 1. The van der Waals surface area contributed by atoms with Crippen molar-refractivity contribution in [1.82, 2.24) is 20.4 Å². The van der Waals surface area contributed by atoms with Crippen molar-refractivity contribution in [1.29, 1.82) is 0 Å². The molecule has 2 N–H and O–H groups in total. The number of halogens is 1. The normalized spacial score (nSPS) is 21.6. The fourth-order valence-electron chi connectivity index (χ4n) is 3.20. The summed E-state index contributed by atoms with van der Waals surface area (Å²) in [7, 11) is 4.39. The van der Waals surface area contributed by atoms with Crippen molar-refractivity contribution in [2.24, 2.45) is 4.99 Å². The summed E-state index contributed by atoms with van der Waals surface area (Å²) in [5.41, 5.74) is 1.35. The third kappa shape index (κ3) is 7.04. The largest absolute Gasteiger partial charge is 0.357 e. The van der Waals surface area contributed by atoms with Gasteiger partial charge in [0, 0.05) is 44.2 Å². The molecule has 1 aliphatic rings. The highest BCUT2D eigenvalue weighted by Gasteiger charge is 2.22. The van der Waals surface area contributed by atoms with E-state index in [-0.39, 0.29) is 24.0 Å². The van der Waals surface area contributed by atoms with Gasteiger partial charge in [-0.2, -0.15) is 0 Å². The van der Waals surface area contributed by atoms with Gasteiger partial charge in [-0.05, 0) is 33.5 Å². The number of nitrogens with zero attached hydrogens (tertiary/aromatic N) is 3. The number of likely N-dealkylation sites (N-methyl/N-ethyl adjacent to an activating group) is 2. The van der Waals surface area contributed by atoms with E-state index in [1.165, 1.54) is 5.56 Å². The minimum absolute atomic E-state index is 0. The third-order valence-corrected chi connectivity index (χ3v) is 5.22. The molecule has 0 radical (unpaired) electrons. The van der Waals surface area contributed by atoms with Gasteiger partial charge in [-0.25, -0.2) is 0 Å². The molecule has 1 fully saturated rings. The van der Waals surface area contributed by atoms with Gasteiger partial charge in [0.05, 0.1) is 6.54 Å². The Morgan fingerprint density at radius 1 is 1.19 bits per heavy atom. The van der Waals surface area contributed by atoms with Crippen LogP contribution in [0.3, 0.4) is 0 Å². The second-order valence-corrected chi connectivity index (χ2v) is 7.25. The summed E-state index contributed by atoms with van der Waals surface area (Å²) in [6.45, 7) is 11.6. The average Bonchev–Trinajstić information content (AvgIpc) is 2.62. The first-order chi connectivity index (χ1) is 12.0. The van der Waals surface area contributed by atoms with E-state index in [4.69, 9.17) is 4.99 Å². The van der Waals surface area contributed by atoms with E-state index in [0.717, 1.165) is 38.7 Å². The zero-order valence-corrected chi connectivity index (χ0v) is 19.2. The van der Waals surface area contributed by atoms with E-state index in [2.05, 4.69) is 85.6 Å². The quantitative estimate of drug-likeness (QED) is 0.379. The van der Waals surface area contributed by atoms with Gasteiger partial charge >= 0.3 is 0 Å². The Morgan fingerprint density at radius 3 is 2.54 bits per heavy atom. The van der Waals surface area contributed by atoms with Crippen LogP contribution in [0.1, 0.15) is 32.3 Å². The molecular weight excluding hydrogens is 437 g/mol. The van der Waals surface area contributed by atoms with Crippen LogP contribution >= 0.6 is 24.0 Å². The summed E-state index contributed by atoms with van der Waals surface area (Å²) < 4.78 is 0. The number of rotatable bonds is 6. The van der Waals surface area contributed by atoms with Crippen LogP contribution in [0.5, 0.6) is 0 Å². The molecular formula is C20H36IN5. The maximum Gasteiger partial charge on any atom is 0.191 e. The van der Waals surface area contributed by atoms with Gasteiger partial charge in [-0.3, -0.25) is 9.89 Å². The number of hydrogen-bond acceptors (Lipinski definition) is 3. The van der Waals surface area contributed by atoms with Crippen molar-refractivity contribution in [2.45, 2.75) is 38.8 Å². The molecule has 1 saturated heterocycles. The highest BCUT2D eigenvalue weighted by Crippen LogP contribution is 2.18. The van der Waals surface area contributed by atoms with Crippen LogP contribution < -0.4 is 10.6 Å². The summed E-state index contributed by atoms with van der Waals surface area (Å²) in [4.78, 5) is 9.67. The van der Waals surface area contributed by atoms with Crippen molar-refractivity contribution in [3.63, 3.8) is 0 Å². The maximum absolute atomic E-state index is 4.86. The van der Waals surface area contributed by atoms with Crippen LogP contribution in [-0.4, -0.2) is 74.7 Å². The topological polar surface area (TPSA) is 42.9 Å². The molecule has 0 bridgehead atoms. The zero-order valence-electron chi connectivity index (χ0n) is 16.9. The van der Waals surface area contributed by atoms with Crippen molar-refractivity contribution >= 4 is 29.9 Å². The van der Waals surface area contributed by atoms with E-state index in [9.17, 15) is 0 Å². The predicted octanol–water partition coefficient (Wildman–Crippen LogP) is 2.60. The van der Waals surface area contributed by atoms with E-state index in [1.54, 1.807) is 0 Å². The Kier molecular flexibility index (Phi) is 10.5. The second-order valence-electron chi connectivity index (χ2n) is 7.25. The lowest BCUT2D eigenvalue weighted by Crippen LogP contribution is -2.52. The smallest absolute Gasteiger partial charge is 0.191 e. The lowest BCUT2D eigenvalue weighted by Gasteiger charge is -2.37. The van der Waals surface area contributed by atoms with Crippen molar-refractivity contribution < 1.29 is 0 Å². The summed E-state index contributed by atoms with van der Waals surface area (Å²) in [6.07, 6.45) is 0. The number of piperazine rings is 1. The fraction of sp³-hybridized carbons (Fsp3) is 0.650. The van der Waals surface area contributed by atoms with Gasteiger partial charge in [0.25, 0.3) is 0 Å². The van der Waals surface area contributed by atoms with Crippen LogP contribution in [0.2, 0.25) is 0 Å². The molecule has 0 aromatic heterocycles. The molecule has 2 rings (SSSR count). The minimum atomic E-state index is 0. The minimum Gasteiger partial charge on any atom is -0.357 e. The standard InChI is InChI=1S/C20H35N5.HI/c1-6-21-20(22-14-19-15-24(4)12-13-25(19)5)23-17(3)16(2)18-10-8-7-9-11-18;/h7-11,16-17,19H,6,12-15H2,1-5H3,(H2,21,22,23);1H. The number of guanidine groups is 1. The van der Waals surface area contributed by atoms with Crippen molar-refractivity contribution in [2.75, 3.05) is 46.8 Å². The molecule has 5 nitrogen and oxygen atoms in total. The molecule has 1 heterocycles. The Morgan fingerprint density at radius 2 is 1.88 bits per heavy atom. The molecule has 0 amide bonds. The lowest BCUT2D eigenvalue weighted by molar-refractivity contribution is 0.119. The van der Waals surface area contributed by atoms with Gasteiger partial charge in [0.15, 0.2) is 5.96 Å². The molecule has 1 aliphatic heterocycles. The first-order valence-corrected chi connectivity index (χ1v) is 9.49. The monoisotopic (exact) mass is 473 g/mol. The first kappa shape index (κ1) is 23.2. The Bertz CT molecular complexity index is 536.